The predicted octanol–water partition coefficient (Wildman–Crippen LogP) is 2.74. The normalized spacial score (nSPS) is 32.6. The number of nitrogens with one attached hydrogen (secondary N) is 2. The van der Waals surface area contributed by atoms with Crippen LogP contribution in [0.3, 0.4) is 0 Å². The standard InChI is InChI=1S/C24H34N2O2/c1-4-9-28-22-7-5-18(6-8-22)16-26(3)17(2)23(27)25-24-13-19-10-20(14-24)12-21(11-19)15-24/h4-8,17,19-21H,1,9-16H2,2-3H3,(H,25,27)/p+1/t17-,19?,20?,21?,24?/m0/s1. The summed E-state index contributed by atoms with van der Waals surface area (Å²) in [5.74, 6) is 3.65. The summed E-state index contributed by atoms with van der Waals surface area (Å²) in [5, 5.41) is 3.53. The second-order valence-corrected chi connectivity index (χ2v) is 9.68. The summed E-state index contributed by atoms with van der Waals surface area (Å²) >= 11 is 0. The van der Waals surface area contributed by atoms with Crippen LogP contribution in [0, 0.1) is 17.8 Å². The quantitative estimate of drug-likeness (QED) is 0.678. The molecule has 5 rings (SSSR count). The van der Waals surface area contributed by atoms with Crippen LogP contribution in [0.15, 0.2) is 36.9 Å². The Kier molecular flexibility index (Phi) is 5.50. The first-order valence-electron chi connectivity index (χ1n) is 10.9. The topological polar surface area (TPSA) is 42.8 Å². The van der Waals surface area contributed by atoms with E-state index in [9.17, 15) is 4.79 Å². The summed E-state index contributed by atoms with van der Waals surface area (Å²) in [7, 11) is 2.12. The van der Waals surface area contributed by atoms with E-state index in [0.29, 0.717) is 6.61 Å². The summed E-state index contributed by atoms with van der Waals surface area (Å²) < 4.78 is 5.55. The number of ether oxygens (including phenoxy) is 1. The Labute approximate surface area is 169 Å². The molecule has 2 atom stereocenters. The third kappa shape index (κ3) is 4.12. The summed E-state index contributed by atoms with van der Waals surface area (Å²) in [5.41, 5.74) is 1.32. The lowest BCUT2D eigenvalue weighted by atomic mass is 9.53. The van der Waals surface area contributed by atoms with Gasteiger partial charge in [0.2, 0.25) is 0 Å². The smallest absolute Gasteiger partial charge is 0.278 e. The Hall–Kier alpha value is -1.81. The highest BCUT2D eigenvalue weighted by Crippen LogP contribution is 2.55. The van der Waals surface area contributed by atoms with Gasteiger partial charge in [-0.25, -0.2) is 0 Å². The lowest BCUT2D eigenvalue weighted by molar-refractivity contribution is -0.908. The van der Waals surface area contributed by atoms with E-state index >= 15 is 0 Å². The molecule has 1 amide bonds. The molecule has 0 aromatic heterocycles. The van der Waals surface area contributed by atoms with Crippen molar-refractivity contribution < 1.29 is 14.4 Å². The van der Waals surface area contributed by atoms with Gasteiger partial charge in [-0.05, 0) is 87.5 Å². The molecular weight excluding hydrogens is 348 g/mol. The van der Waals surface area contributed by atoms with Gasteiger partial charge in [-0.3, -0.25) is 4.79 Å². The van der Waals surface area contributed by atoms with E-state index in [0.717, 1.165) is 30.0 Å². The maximum Gasteiger partial charge on any atom is 0.278 e. The van der Waals surface area contributed by atoms with Gasteiger partial charge < -0.3 is 15.0 Å². The van der Waals surface area contributed by atoms with Crippen LogP contribution in [-0.2, 0) is 11.3 Å². The van der Waals surface area contributed by atoms with Gasteiger partial charge >= 0.3 is 0 Å². The van der Waals surface area contributed by atoms with E-state index in [4.69, 9.17) is 4.74 Å². The van der Waals surface area contributed by atoms with Gasteiger partial charge in [0.15, 0.2) is 6.04 Å². The maximum atomic E-state index is 13.1. The first kappa shape index (κ1) is 19.5. The van der Waals surface area contributed by atoms with Gasteiger partial charge in [0.05, 0.1) is 7.05 Å². The van der Waals surface area contributed by atoms with Crippen molar-refractivity contribution in [2.24, 2.45) is 17.8 Å². The summed E-state index contributed by atoms with van der Waals surface area (Å²) in [4.78, 5) is 14.3. The number of benzene rings is 1. The van der Waals surface area contributed by atoms with E-state index in [1.165, 1.54) is 49.0 Å². The monoisotopic (exact) mass is 383 g/mol. The molecule has 4 aliphatic rings. The molecule has 4 aliphatic carbocycles. The van der Waals surface area contributed by atoms with Gasteiger partial charge in [0, 0.05) is 11.1 Å². The molecule has 0 aliphatic heterocycles. The molecule has 4 bridgehead atoms. The first-order chi connectivity index (χ1) is 13.5. The van der Waals surface area contributed by atoms with E-state index < -0.39 is 0 Å². The minimum Gasteiger partial charge on any atom is -0.490 e. The highest BCUT2D eigenvalue weighted by Gasteiger charge is 2.52. The Bertz CT molecular complexity index is 677. The van der Waals surface area contributed by atoms with Crippen molar-refractivity contribution >= 4 is 5.91 Å². The van der Waals surface area contributed by atoms with Crippen LogP contribution in [-0.4, -0.2) is 31.1 Å². The molecule has 4 saturated carbocycles. The molecule has 0 heterocycles. The van der Waals surface area contributed by atoms with Crippen molar-refractivity contribution in [3.05, 3.63) is 42.5 Å². The molecule has 2 N–H and O–H groups in total. The van der Waals surface area contributed by atoms with Crippen LogP contribution < -0.4 is 15.0 Å². The zero-order valence-electron chi connectivity index (χ0n) is 17.4. The average molecular weight is 384 g/mol. The van der Waals surface area contributed by atoms with Crippen LogP contribution in [0.1, 0.15) is 51.0 Å². The zero-order chi connectivity index (χ0) is 19.7. The fourth-order valence-corrected chi connectivity index (χ4v) is 6.19. The van der Waals surface area contributed by atoms with E-state index in [2.05, 4.69) is 38.0 Å². The Morgan fingerprint density at radius 3 is 2.32 bits per heavy atom. The van der Waals surface area contributed by atoms with Crippen molar-refractivity contribution in [3.8, 4) is 5.75 Å². The molecule has 4 nitrogen and oxygen atoms in total. The summed E-state index contributed by atoms with van der Waals surface area (Å²) in [6.45, 7) is 7.08. The van der Waals surface area contributed by atoms with Crippen LogP contribution in [0.4, 0.5) is 0 Å². The highest BCUT2D eigenvalue weighted by molar-refractivity contribution is 5.80. The van der Waals surface area contributed by atoms with Crippen molar-refractivity contribution in [1.82, 2.24) is 5.32 Å². The van der Waals surface area contributed by atoms with Crippen molar-refractivity contribution in [3.63, 3.8) is 0 Å². The molecule has 0 spiro atoms. The summed E-state index contributed by atoms with van der Waals surface area (Å²) in [6.07, 6.45) is 9.59. The zero-order valence-corrected chi connectivity index (χ0v) is 17.4. The Morgan fingerprint density at radius 2 is 1.79 bits per heavy atom. The molecule has 1 unspecified atom stereocenters. The first-order valence-corrected chi connectivity index (χ1v) is 10.9. The van der Waals surface area contributed by atoms with E-state index in [1.54, 1.807) is 6.08 Å². The SMILES string of the molecule is C=CCOc1ccc(C[NH+](C)[C@@H](C)C(=O)NC23CC4CC(CC(C4)C2)C3)cc1. The maximum absolute atomic E-state index is 13.1. The molecule has 0 radical (unpaired) electrons. The third-order valence-electron chi connectivity index (χ3n) is 7.33. The minimum absolute atomic E-state index is 0.0512. The van der Waals surface area contributed by atoms with Crippen molar-refractivity contribution in [1.29, 1.82) is 0 Å². The molecule has 1 aromatic carbocycles. The van der Waals surface area contributed by atoms with Gasteiger partial charge in [-0.1, -0.05) is 12.7 Å². The van der Waals surface area contributed by atoms with Crippen molar-refractivity contribution in [2.75, 3.05) is 13.7 Å². The van der Waals surface area contributed by atoms with Crippen LogP contribution in [0.2, 0.25) is 0 Å². The van der Waals surface area contributed by atoms with Gasteiger partial charge in [0.1, 0.15) is 18.9 Å². The fourth-order valence-electron chi connectivity index (χ4n) is 6.19. The minimum atomic E-state index is -0.0512. The van der Waals surface area contributed by atoms with Gasteiger partial charge in [-0.15, -0.1) is 0 Å². The number of rotatable bonds is 8. The second kappa shape index (κ2) is 7.90. The number of hydrogen-bond donors (Lipinski definition) is 2. The largest absolute Gasteiger partial charge is 0.490 e. The van der Waals surface area contributed by atoms with Crippen LogP contribution >= 0.6 is 0 Å². The predicted molar refractivity (Wildman–Crippen MR) is 111 cm³/mol. The number of hydrogen-bond acceptors (Lipinski definition) is 2. The molecule has 28 heavy (non-hydrogen) atoms. The lowest BCUT2D eigenvalue weighted by Gasteiger charge is -2.57. The molecule has 152 valence electrons. The molecular formula is C24H35N2O2+. The average Bonchev–Trinajstić information content (AvgIpc) is 2.65. The van der Waals surface area contributed by atoms with Gasteiger partial charge in [-0.2, -0.15) is 0 Å². The number of carbonyl (C=O) groups is 1. The number of quaternary nitrogens is 1. The van der Waals surface area contributed by atoms with Crippen LogP contribution in [0.5, 0.6) is 5.75 Å². The number of likely N-dealkylation sites (N-methyl/N-ethyl adjacent to an activating group) is 1. The Morgan fingerprint density at radius 1 is 1.21 bits per heavy atom. The number of carbonyl (C=O) groups excluding carboxylic acids is 1. The molecule has 1 aromatic rings. The lowest BCUT2D eigenvalue weighted by Crippen LogP contribution is -3.12. The summed E-state index contributed by atoms with van der Waals surface area (Å²) in [6, 6.07) is 8.11. The van der Waals surface area contributed by atoms with Crippen LogP contribution in [0.25, 0.3) is 0 Å². The van der Waals surface area contributed by atoms with Gasteiger partial charge in [0.25, 0.3) is 5.91 Å². The van der Waals surface area contributed by atoms with Crippen molar-refractivity contribution in [2.45, 2.75) is 63.6 Å². The van der Waals surface area contributed by atoms with E-state index in [1.807, 2.05) is 12.1 Å². The fraction of sp³-hybridized carbons (Fsp3) is 0.625. The second-order valence-electron chi connectivity index (χ2n) is 9.68. The third-order valence-corrected chi connectivity index (χ3v) is 7.33. The molecule has 0 saturated heterocycles. The Balaban J connectivity index is 1.33. The van der Waals surface area contributed by atoms with E-state index in [-0.39, 0.29) is 17.5 Å². The molecule has 4 fully saturated rings. The highest BCUT2D eigenvalue weighted by atomic mass is 16.5. The number of amides is 1. The molecule has 4 heteroatoms.